The first kappa shape index (κ1) is 17.3. The van der Waals surface area contributed by atoms with Crippen LogP contribution in [-0.2, 0) is 4.74 Å². The third kappa shape index (κ3) is 2.78. The number of carbonyl (C=O) groups excluding carboxylic acids is 1. The number of hydrogen-bond acceptors (Lipinski definition) is 5. The van der Waals surface area contributed by atoms with Gasteiger partial charge in [-0.3, -0.25) is 4.79 Å². The highest BCUT2D eigenvalue weighted by molar-refractivity contribution is 8.00. The third-order valence-corrected chi connectivity index (χ3v) is 6.06. The maximum atomic E-state index is 13.3. The lowest BCUT2D eigenvalue weighted by Gasteiger charge is -2.29. The zero-order valence-electron chi connectivity index (χ0n) is 15.5. The van der Waals surface area contributed by atoms with E-state index in [4.69, 9.17) is 9.84 Å². The number of aromatic nitrogens is 2. The second-order valence-electron chi connectivity index (χ2n) is 6.78. The van der Waals surface area contributed by atoms with Crippen LogP contribution in [0.15, 0.2) is 59.5 Å². The molecule has 0 spiro atoms. The van der Waals surface area contributed by atoms with E-state index in [0.717, 1.165) is 27.5 Å². The van der Waals surface area contributed by atoms with E-state index < -0.39 is 0 Å². The summed E-state index contributed by atoms with van der Waals surface area (Å²) in [5.41, 5.74) is 4.35. The number of morpholine rings is 1. The molecule has 2 aliphatic heterocycles. The molecule has 6 nitrogen and oxygen atoms in total. The second-order valence-corrected chi connectivity index (χ2v) is 7.95. The lowest BCUT2D eigenvalue weighted by atomic mass is 10.1. The molecule has 2 aromatic carbocycles. The SMILES string of the molecule is CN1Sc2ccccc2-c2c1c(C(=O)N1CCOCC1)nn2-c1ccccc1. The van der Waals surface area contributed by atoms with Crippen LogP contribution >= 0.6 is 11.9 Å². The molecule has 0 N–H and O–H groups in total. The van der Waals surface area contributed by atoms with Crippen LogP contribution in [0.2, 0.25) is 0 Å². The summed E-state index contributed by atoms with van der Waals surface area (Å²) in [4.78, 5) is 16.3. The van der Waals surface area contributed by atoms with Crippen LogP contribution in [-0.4, -0.2) is 53.9 Å². The first-order chi connectivity index (χ1) is 13.7. The van der Waals surface area contributed by atoms with Crippen LogP contribution in [0, 0.1) is 0 Å². The predicted octanol–water partition coefficient (Wildman–Crippen LogP) is 3.47. The maximum absolute atomic E-state index is 13.3. The third-order valence-electron chi connectivity index (χ3n) is 5.05. The highest BCUT2D eigenvalue weighted by Crippen LogP contribution is 2.48. The molecule has 28 heavy (non-hydrogen) atoms. The smallest absolute Gasteiger partial charge is 0.276 e. The number of benzene rings is 2. The van der Waals surface area contributed by atoms with Crippen molar-refractivity contribution in [3.05, 3.63) is 60.3 Å². The van der Waals surface area contributed by atoms with Crippen molar-refractivity contribution in [2.45, 2.75) is 4.90 Å². The van der Waals surface area contributed by atoms with Crippen LogP contribution in [0.3, 0.4) is 0 Å². The van der Waals surface area contributed by atoms with Crippen molar-refractivity contribution < 1.29 is 9.53 Å². The van der Waals surface area contributed by atoms with Crippen molar-refractivity contribution in [3.8, 4) is 16.9 Å². The van der Waals surface area contributed by atoms with E-state index in [1.54, 1.807) is 11.9 Å². The second kappa shape index (κ2) is 7.00. The van der Waals surface area contributed by atoms with Gasteiger partial charge in [0.2, 0.25) is 0 Å². The Hall–Kier alpha value is -2.77. The minimum Gasteiger partial charge on any atom is -0.378 e. The Kier molecular flexibility index (Phi) is 4.33. The Morgan fingerprint density at radius 2 is 1.75 bits per heavy atom. The van der Waals surface area contributed by atoms with E-state index in [1.807, 2.05) is 59.1 Å². The van der Waals surface area contributed by atoms with Crippen LogP contribution in [0.4, 0.5) is 5.69 Å². The van der Waals surface area contributed by atoms with E-state index in [-0.39, 0.29) is 5.91 Å². The van der Waals surface area contributed by atoms with Gasteiger partial charge in [-0.1, -0.05) is 36.4 Å². The molecule has 0 atom stereocenters. The van der Waals surface area contributed by atoms with E-state index in [9.17, 15) is 4.79 Å². The van der Waals surface area contributed by atoms with Crippen molar-refractivity contribution >= 4 is 23.5 Å². The van der Waals surface area contributed by atoms with Crippen molar-refractivity contribution in [1.82, 2.24) is 14.7 Å². The molecule has 2 aliphatic rings. The zero-order valence-corrected chi connectivity index (χ0v) is 16.4. The van der Waals surface area contributed by atoms with Gasteiger partial charge in [0.05, 0.1) is 18.9 Å². The molecule has 3 aromatic rings. The molecule has 1 fully saturated rings. The van der Waals surface area contributed by atoms with Gasteiger partial charge in [0, 0.05) is 30.6 Å². The largest absolute Gasteiger partial charge is 0.378 e. The molecule has 0 unspecified atom stereocenters. The molecular formula is C21H20N4O2S. The minimum absolute atomic E-state index is 0.0407. The first-order valence-corrected chi connectivity index (χ1v) is 10.1. The Balaban J connectivity index is 1.72. The molecule has 0 saturated carbocycles. The topological polar surface area (TPSA) is 50.6 Å². The Morgan fingerprint density at radius 3 is 2.54 bits per heavy atom. The molecule has 1 amide bonds. The zero-order chi connectivity index (χ0) is 19.1. The lowest BCUT2D eigenvalue weighted by molar-refractivity contribution is 0.0299. The number of rotatable bonds is 2. The van der Waals surface area contributed by atoms with Gasteiger partial charge < -0.3 is 13.9 Å². The Morgan fingerprint density at radius 1 is 1.04 bits per heavy atom. The molecule has 0 aliphatic carbocycles. The van der Waals surface area contributed by atoms with Crippen molar-refractivity contribution in [1.29, 1.82) is 0 Å². The number of amides is 1. The van der Waals surface area contributed by atoms with Crippen molar-refractivity contribution in [2.24, 2.45) is 0 Å². The van der Waals surface area contributed by atoms with Gasteiger partial charge >= 0.3 is 0 Å². The molecule has 5 rings (SSSR count). The molecule has 142 valence electrons. The summed E-state index contributed by atoms with van der Waals surface area (Å²) < 4.78 is 9.36. The quantitative estimate of drug-likeness (QED) is 0.625. The number of ether oxygens (including phenoxy) is 1. The Labute approximate surface area is 167 Å². The summed E-state index contributed by atoms with van der Waals surface area (Å²) in [6.07, 6.45) is 0. The normalized spacial score (nSPS) is 15.9. The number of fused-ring (bicyclic) bond motifs is 3. The molecular weight excluding hydrogens is 372 g/mol. The van der Waals surface area contributed by atoms with E-state index in [0.29, 0.717) is 32.0 Å². The summed E-state index contributed by atoms with van der Waals surface area (Å²) in [7, 11) is 1.99. The van der Waals surface area contributed by atoms with E-state index >= 15 is 0 Å². The van der Waals surface area contributed by atoms with Gasteiger partial charge in [-0.25, -0.2) is 4.68 Å². The molecule has 0 bridgehead atoms. The van der Waals surface area contributed by atoms with Crippen LogP contribution in [0.25, 0.3) is 16.9 Å². The number of anilines is 1. The highest BCUT2D eigenvalue weighted by Gasteiger charge is 2.34. The standard InChI is InChI=1S/C21H20N4O2S/c1-23-20-18(21(26)24-11-13-27-14-12-24)22-25(15-7-3-2-4-8-15)19(20)16-9-5-6-10-17(16)28-23/h2-10H,11-14H2,1H3. The van der Waals surface area contributed by atoms with Gasteiger partial charge in [-0.15, -0.1) is 0 Å². The van der Waals surface area contributed by atoms with Gasteiger partial charge in [-0.05, 0) is 30.1 Å². The fourth-order valence-electron chi connectivity index (χ4n) is 3.70. The van der Waals surface area contributed by atoms with Crippen LogP contribution in [0.1, 0.15) is 10.5 Å². The highest BCUT2D eigenvalue weighted by atomic mass is 32.2. The number of hydrogen-bond donors (Lipinski definition) is 0. The summed E-state index contributed by atoms with van der Waals surface area (Å²) in [5, 5.41) is 4.82. The molecule has 3 heterocycles. The summed E-state index contributed by atoms with van der Waals surface area (Å²) in [6.45, 7) is 2.33. The van der Waals surface area contributed by atoms with Gasteiger partial charge in [0.1, 0.15) is 11.4 Å². The average Bonchev–Trinajstić information content (AvgIpc) is 3.16. The maximum Gasteiger partial charge on any atom is 0.276 e. The molecule has 7 heteroatoms. The average molecular weight is 392 g/mol. The number of nitrogens with zero attached hydrogens (tertiary/aromatic N) is 4. The fourth-order valence-corrected chi connectivity index (χ4v) is 4.66. The van der Waals surface area contributed by atoms with Crippen molar-refractivity contribution in [2.75, 3.05) is 37.7 Å². The summed E-state index contributed by atoms with van der Waals surface area (Å²) in [6, 6.07) is 18.2. The van der Waals surface area contributed by atoms with E-state index in [1.165, 1.54) is 0 Å². The summed E-state index contributed by atoms with van der Waals surface area (Å²) >= 11 is 1.63. The molecule has 0 radical (unpaired) electrons. The Bertz CT molecular complexity index is 1030. The number of para-hydroxylation sites is 1. The monoisotopic (exact) mass is 392 g/mol. The summed E-state index contributed by atoms with van der Waals surface area (Å²) in [5.74, 6) is -0.0407. The lowest BCUT2D eigenvalue weighted by Crippen LogP contribution is -2.41. The van der Waals surface area contributed by atoms with Crippen LogP contribution < -0.4 is 4.31 Å². The van der Waals surface area contributed by atoms with Crippen molar-refractivity contribution in [3.63, 3.8) is 0 Å². The molecule has 1 aromatic heterocycles. The van der Waals surface area contributed by atoms with Gasteiger partial charge in [-0.2, -0.15) is 5.10 Å². The van der Waals surface area contributed by atoms with E-state index in [2.05, 4.69) is 16.4 Å². The predicted molar refractivity (Wildman–Crippen MR) is 110 cm³/mol. The van der Waals surface area contributed by atoms with Crippen LogP contribution in [0.5, 0.6) is 0 Å². The van der Waals surface area contributed by atoms with Gasteiger partial charge in [0.25, 0.3) is 5.91 Å². The number of carbonyl (C=O) groups is 1. The van der Waals surface area contributed by atoms with Gasteiger partial charge in [0.15, 0.2) is 5.69 Å². The minimum atomic E-state index is -0.0407. The molecule has 1 saturated heterocycles. The fraction of sp³-hybridized carbons (Fsp3) is 0.238. The first-order valence-electron chi connectivity index (χ1n) is 9.30.